The molecule has 106 valence electrons. The zero-order chi connectivity index (χ0) is 14.5. The molecule has 2 heterocycles. The number of aryl methyl sites for hydroxylation is 2. The average Bonchev–Trinajstić information content (AvgIpc) is 2.77. The minimum absolute atomic E-state index is 0.00724. The molecule has 0 bridgehead atoms. The van der Waals surface area contributed by atoms with Crippen molar-refractivity contribution < 1.29 is 4.79 Å². The van der Waals surface area contributed by atoms with Crippen LogP contribution in [0.5, 0.6) is 0 Å². The molecular weight excluding hydrogens is 252 g/mol. The molecule has 5 nitrogen and oxygen atoms in total. The third-order valence-electron chi connectivity index (χ3n) is 3.26. The summed E-state index contributed by atoms with van der Waals surface area (Å²) in [6.07, 6.45) is 6.03. The SMILES string of the molecule is Cc1cccnc1CC(C)NC(=O)Cn1ccnc1C. The van der Waals surface area contributed by atoms with Crippen molar-refractivity contribution in [1.82, 2.24) is 19.9 Å². The van der Waals surface area contributed by atoms with E-state index >= 15 is 0 Å². The molecule has 0 fully saturated rings. The first-order valence-electron chi connectivity index (χ1n) is 6.74. The fourth-order valence-corrected chi connectivity index (χ4v) is 2.12. The lowest BCUT2D eigenvalue weighted by atomic mass is 10.1. The molecule has 20 heavy (non-hydrogen) atoms. The van der Waals surface area contributed by atoms with Gasteiger partial charge in [-0.2, -0.15) is 0 Å². The van der Waals surface area contributed by atoms with Crippen molar-refractivity contribution in [2.45, 2.75) is 39.8 Å². The van der Waals surface area contributed by atoms with Crippen LogP contribution in [0.15, 0.2) is 30.7 Å². The lowest BCUT2D eigenvalue weighted by molar-refractivity contribution is -0.122. The van der Waals surface area contributed by atoms with Gasteiger partial charge in [-0.25, -0.2) is 4.98 Å². The van der Waals surface area contributed by atoms with Crippen molar-refractivity contribution in [3.8, 4) is 0 Å². The van der Waals surface area contributed by atoms with Crippen LogP contribution in [0.4, 0.5) is 0 Å². The maximum Gasteiger partial charge on any atom is 0.240 e. The molecule has 2 aromatic rings. The molecule has 0 saturated carbocycles. The van der Waals surface area contributed by atoms with Crippen molar-refractivity contribution >= 4 is 5.91 Å². The summed E-state index contributed by atoms with van der Waals surface area (Å²) in [6.45, 7) is 6.21. The molecule has 0 aliphatic heterocycles. The second-order valence-corrected chi connectivity index (χ2v) is 5.04. The summed E-state index contributed by atoms with van der Waals surface area (Å²) < 4.78 is 1.83. The molecular formula is C15H20N4O. The highest BCUT2D eigenvalue weighted by Gasteiger charge is 2.11. The van der Waals surface area contributed by atoms with Gasteiger partial charge in [-0.15, -0.1) is 0 Å². The summed E-state index contributed by atoms with van der Waals surface area (Å²) in [4.78, 5) is 20.4. The molecule has 0 spiro atoms. The molecule has 0 aliphatic rings. The van der Waals surface area contributed by atoms with Crippen LogP contribution in [0.25, 0.3) is 0 Å². The minimum Gasteiger partial charge on any atom is -0.352 e. The fraction of sp³-hybridized carbons (Fsp3) is 0.400. The minimum atomic E-state index is -0.00724. The standard InChI is InChI=1S/C15H20N4O/c1-11-5-4-6-17-14(11)9-12(2)18-15(20)10-19-8-7-16-13(19)3/h4-8,12H,9-10H2,1-3H3,(H,18,20). The molecule has 2 rings (SSSR count). The number of hydrogen-bond acceptors (Lipinski definition) is 3. The molecule has 5 heteroatoms. The Bertz CT molecular complexity index is 591. The summed E-state index contributed by atoms with van der Waals surface area (Å²) in [6, 6.07) is 4.01. The first-order valence-corrected chi connectivity index (χ1v) is 6.74. The molecule has 1 atom stereocenters. The van der Waals surface area contributed by atoms with E-state index in [1.807, 2.05) is 43.7 Å². The van der Waals surface area contributed by atoms with E-state index in [1.54, 1.807) is 12.4 Å². The third kappa shape index (κ3) is 3.66. The topological polar surface area (TPSA) is 59.8 Å². The molecule has 0 radical (unpaired) electrons. The van der Waals surface area contributed by atoms with Gasteiger partial charge < -0.3 is 9.88 Å². The van der Waals surface area contributed by atoms with Crippen LogP contribution < -0.4 is 5.32 Å². The van der Waals surface area contributed by atoms with Gasteiger partial charge in [-0.1, -0.05) is 6.07 Å². The van der Waals surface area contributed by atoms with E-state index in [1.165, 1.54) is 0 Å². The number of rotatable bonds is 5. The predicted octanol–water partition coefficient (Wildman–Crippen LogP) is 1.64. The van der Waals surface area contributed by atoms with Crippen LogP contribution in [0.2, 0.25) is 0 Å². The monoisotopic (exact) mass is 272 g/mol. The number of imidazole rings is 1. The van der Waals surface area contributed by atoms with Crippen LogP contribution in [-0.2, 0) is 17.8 Å². The van der Waals surface area contributed by atoms with Crippen LogP contribution in [0.3, 0.4) is 0 Å². The van der Waals surface area contributed by atoms with Gasteiger partial charge in [-0.3, -0.25) is 9.78 Å². The Kier molecular flexibility index (Phi) is 4.50. The Morgan fingerprint density at radius 1 is 1.35 bits per heavy atom. The van der Waals surface area contributed by atoms with Gasteiger partial charge in [0.05, 0.1) is 0 Å². The molecule has 1 N–H and O–H groups in total. The second-order valence-electron chi connectivity index (χ2n) is 5.04. The van der Waals surface area contributed by atoms with Gasteiger partial charge in [0, 0.05) is 36.7 Å². The number of carbonyl (C=O) groups is 1. The normalized spacial score (nSPS) is 12.2. The fourth-order valence-electron chi connectivity index (χ4n) is 2.12. The maximum atomic E-state index is 12.0. The molecule has 2 aromatic heterocycles. The largest absolute Gasteiger partial charge is 0.352 e. The third-order valence-corrected chi connectivity index (χ3v) is 3.26. The Balaban J connectivity index is 1.88. The van der Waals surface area contributed by atoms with E-state index in [0.29, 0.717) is 6.54 Å². The van der Waals surface area contributed by atoms with Crippen LogP contribution in [-0.4, -0.2) is 26.5 Å². The maximum absolute atomic E-state index is 12.0. The molecule has 0 aliphatic carbocycles. The predicted molar refractivity (Wildman–Crippen MR) is 77.2 cm³/mol. The van der Waals surface area contributed by atoms with E-state index in [-0.39, 0.29) is 11.9 Å². The van der Waals surface area contributed by atoms with Gasteiger partial charge >= 0.3 is 0 Å². The number of hydrogen-bond donors (Lipinski definition) is 1. The summed E-state index contributed by atoms with van der Waals surface area (Å²) in [5.74, 6) is 0.834. The van der Waals surface area contributed by atoms with E-state index in [9.17, 15) is 4.79 Å². The summed E-state index contributed by atoms with van der Waals surface area (Å²) in [5, 5.41) is 2.99. The van der Waals surface area contributed by atoms with E-state index in [2.05, 4.69) is 15.3 Å². The van der Waals surface area contributed by atoms with Crippen molar-refractivity contribution in [2.24, 2.45) is 0 Å². The molecule has 1 unspecified atom stereocenters. The first-order chi connectivity index (χ1) is 9.56. The van der Waals surface area contributed by atoms with E-state index in [0.717, 1.165) is 23.5 Å². The smallest absolute Gasteiger partial charge is 0.240 e. The number of aromatic nitrogens is 3. The summed E-state index contributed by atoms with van der Waals surface area (Å²) >= 11 is 0. The second kappa shape index (κ2) is 6.32. The van der Waals surface area contributed by atoms with Gasteiger partial charge in [0.1, 0.15) is 12.4 Å². The Hall–Kier alpha value is -2.17. The van der Waals surface area contributed by atoms with E-state index < -0.39 is 0 Å². The Morgan fingerprint density at radius 2 is 2.15 bits per heavy atom. The van der Waals surface area contributed by atoms with Crippen LogP contribution in [0.1, 0.15) is 24.0 Å². The lowest BCUT2D eigenvalue weighted by Gasteiger charge is -2.15. The summed E-state index contributed by atoms with van der Waals surface area (Å²) in [7, 11) is 0. The highest BCUT2D eigenvalue weighted by atomic mass is 16.2. The Labute approximate surface area is 119 Å². The van der Waals surface area contributed by atoms with Crippen molar-refractivity contribution in [3.05, 3.63) is 47.8 Å². The number of amides is 1. The van der Waals surface area contributed by atoms with Gasteiger partial charge in [0.2, 0.25) is 5.91 Å². The molecule has 0 aromatic carbocycles. The zero-order valence-electron chi connectivity index (χ0n) is 12.1. The lowest BCUT2D eigenvalue weighted by Crippen LogP contribution is -2.36. The quantitative estimate of drug-likeness (QED) is 0.900. The highest BCUT2D eigenvalue weighted by Crippen LogP contribution is 2.06. The number of nitrogens with zero attached hydrogens (tertiary/aromatic N) is 3. The van der Waals surface area contributed by atoms with Crippen molar-refractivity contribution in [1.29, 1.82) is 0 Å². The molecule has 1 amide bonds. The van der Waals surface area contributed by atoms with Crippen LogP contribution in [0, 0.1) is 13.8 Å². The van der Waals surface area contributed by atoms with E-state index in [4.69, 9.17) is 0 Å². The van der Waals surface area contributed by atoms with Crippen LogP contribution >= 0.6 is 0 Å². The van der Waals surface area contributed by atoms with Gasteiger partial charge in [0.15, 0.2) is 0 Å². The average molecular weight is 272 g/mol. The number of pyridine rings is 1. The Morgan fingerprint density at radius 3 is 2.80 bits per heavy atom. The van der Waals surface area contributed by atoms with Gasteiger partial charge in [-0.05, 0) is 32.4 Å². The summed E-state index contributed by atoms with van der Waals surface area (Å²) in [5.41, 5.74) is 2.18. The van der Waals surface area contributed by atoms with Gasteiger partial charge in [0.25, 0.3) is 0 Å². The zero-order valence-corrected chi connectivity index (χ0v) is 12.1. The number of carbonyl (C=O) groups excluding carboxylic acids is 1. The highest BCUT2D eigenvalue weighted by molar-refractivity contribution is 5.76. The number of nitrogens with one attached hydrogen (secondary N) is 1. The first kappa shape index (κ1) is 14.2. The van der Waals surface area contributed by atoms with Crippen molar-refractivity contribution in [2.75, 3.05) is 0 Å². The van der Waals surface area contributed by atoms with Crippen molar-refractivity contribution in [3.63, 3.8) is 0 Å². The molecule has 0 saturated heterocycles.